The number of rotatable bonds is 10. The number of nitrogens with one attached hydrogen (secondary N) is 2. The number of esters is 1. The maximum absolute atomic E-state index is 13.5. The van der Waals surface area contributed by atoms with Crippen LogP contribution in [-0.4, -0.2) is 81.3 Å². The molecule has 1 fully saturated rings. The van der Waals surface area contributed by atoms with Crippen LogP contribution in [0.3, 0.4) is 0 Å². The molecule has 1 aliphatic rings. The zero-order chi connectivity index (χ0) is 30.2. The van der Waals surface area contributed by atoms with E-state index in [1.54, 1.807) is 36.4 Å². The number of aryl methyl sites for hydroxylation is 1. The number of benzene rings is 3. The quantitative estimate of drug-likeness (QED) is 0.341. The van der Waals surface area contributed by atoms with Crippen LogP contribution >= 0.6 is 0 Å². The molecule has 3 aromatic carbocycles. The summed E-state index contributed by atoms with van der Waals surface area (Å²) in [6.07, 6.45) is 0.956. The van der Waals surface area contributed by atoms with Gasteiger partial charge in [-0.3, -0.25) is 4.79 Å². The maximum Gasteiger partial charge on any atom is 0.337 e. The van der Waals surface area contributed by atoms with Crippen molar-refractivity contribution in [3.8, 4) is 11.5 Å². The number of hydrogen-bond acceptors (Lipinski definition) is 7. The highest BCUT2D eigenvalue weighted by atomic mass is 16.5. The van der Waals surface area contributed by atoms with E-state index in [4.69, 9.17) is 14.2 Å². The van der Waals surface area contributed by atoms with Crippen molar-refractivity contribution in [3.05, 3.63) is 83.4 Å². The second kappa shape index (κ2) is 13.9. The molecule has 2 atom stereocenters. The molecule has 3 amide bonds. The van der Waals surface area contributed by atoms with E-state index >= 15 is 0 Å². The Balaban J connectivity index is 1.40. The lowest BCUT2D eigenvalue weighted by molar-refractivity contribution is -0.131. The Kier molecular flexibility index (Phi) is 10.0. The number of carbonyl (C=O) groups excluding carboxylic acids is 3. The van der Waals surface area contributed by atoms with E-state index in [0.717, 1.165) is 23.2 Å². The summed E-state index contributed by atoms with van der Waals surface area (Å²) in [6, 6.07) is 19.3. The first-order valence-electron chi connectivity index (χ1n) is 13.8. The number of methoxy groups -OCH3 is 2. The summed E-state index contributed by atoms with van der Waals surface area (Å²) < 4.78 is 16.3. The lowest BCUT2D eigenvalue weighted by Gasteiger charge is -2.25. The maximum atomic E-state index is 13.5. The van der Waals surface area contributed by atoms with Gasteiger partial charge in [-0.25, -0.2) is 9.59 Å². The predicted octanol–water partition coefficient (Wildman–Crippen LogP) is 4.59. The van der Waals surface area contributed by atoms with Gasteiger partial charge in [0.05, 0.1) is 37.9 Å². The Morgan fingerprint density at radius 3 is 2.33 bits per heavy atom. The Morgan fingerprint density at radius 1 is 0.952 bits per heavy atom. The van der Waals surface area contributed by atoms with Crippen LogP contribution in [0.25, 0.3) is 0 Å². The summed E-state index contributed by atoms with van der Waals surface area (Å²) in [5.74, 6) is 0.647. The Hall–Kier alpha value is -4.57. The molecule has 0 aromatic heterocycles. The monoisotopic (exact) mass is 574 g/mol. The number of para-hydroxylation sites is 1. The zero-order valence-electron chi connectivity index (χ0n) is 24.7. The van der Waals surface area contributed by atoms with E-state index in [1.807, 2.05) is 56.3 Å². The molecule has 10 nitrogen and oxygen atoms in total. The molecule has 0 unspecified atom stereocenters. The van der Waals surface area contributed by atoms with Crippen LogP contribution in [0.1, 0.15) is 27.9 Å². The smallest absolute Gasteiger partial charge is 0.337 e. The topological polar surface area (TPSA) is 109 Å². The lowest BCUT2D eigenvalue weighted by atomic mass is 10.1. The molecule has 0 aliphatic carbocycles. The summed E-state index contributed by atoms with van der Waals surface area (Å²) in [5, 5.41) is 5.67. The van der Waals surface area contributed by atoms with Crippen LogP contribution in [0.4, 0.5) is 16.2 Å². The van der Waals surface area contributed by atoms with Gasteiger partial charge in [0.2, 0.25) is 5.91 Å². The largest absolute Gasteiger partial charge is 0.495 e. The number of nitrogens with zero attached hydrogens (tertiary/aromatic N) is 2. The summed E-state index contributed by atoms with van der Waals surface area (Å²) in [4.78, 5) is 41.8. The average molecular weight is 575 g/mol. The van der Waals surface area contributed by atoms with Crippen molar-refractivity contribution in [1.82, 2.24) is 9.80 Å². The van der Waals surface area contributed by atoms with Gasteiger partial charge in [0.1, 0.15) is 18.1 Å². The number of likely N-dealkylation sites (tertiary alicyclic amines) is 1. The van der Waals surface area contributed by atoms with Gasteiger partial charge in [-0.05, 0) is 81.0 Å². The minimum absolute atomic E-state index is 0.0194. The van der Waals surface area contributed by atoms with E-state index in [9.17, 15) is 14.4 Å². The van der Waals surface area contributed by atoms with Crippen molar-refractivity contribution in [2.45, 2.75) is 31.8 Å². The molecule has 2 N–H and O–H groups in total. The fourth-order valence-electron chi connectivity index (χ4n) is 4.94. The fraction of sp³-hybridized carbons (Fsp3) is 0.344. The molecule has 1 aliphatic heterocycles. The molecular weight excluding hydrogens is 536 g/mol. The first-order valence-corrected chi connectivity index (χ1v) is 13.8. The summed E-state index contributed by atoms with van der Waals surface area (Å²) >= 11 is 0. The van der Waals surface area contributed by atoms with Crippen LogP contribution in [-0.2, 0) is 16.0 Å². The highest BCUT2D eigenvalue weighted by Gasteiger charge is 2.36. The van der Waals surface area contributed by atoms with Crippen LogP contribution in [0.5, 0.6) is 11.5 Å². The van der Waals surface area contributed by atoms with E-state index < -0.39 is 5.97 Å². The lowest BCUT2D eigenvalue weighted by Crippen LogP contribution is -2.40. The SMILES string of the molecule is COC(=O)c1ccc(OC[C@H]2C[C@H](N(C)C)CN2C(=O)Cc2ccc(NC(=O)Nc3ccccc3C)c(OC)c2)cc1. The molecule has 222 valence electrons. The Bertz CT molecular complexity index is 1410. The second-order valence-corrected chi connectivity index (χ2v) is 10.5. The van der Waals surface area contributed by atoms with Gasteiger partial charge >= 0.3 is 12.0 Å². The fourth-order valence-corrected chi connectivity index (χ4v) is 4.94. The first-order chi connectivity index (χ1) is 20.2. The van der Waals surface area contributed by atoms with Crippen LogP contribution < -0.4 is 20.1 Å². The third kappa shape index (κ3) is 7.58. The zero-order valence-corrected chi connectivity index (χ0v) is 24.7. The third-order valence-corrected chi connectivity index (χ3v) is 7.42. The van der Waals surface area contributed by atoms with Crippen molar-refractivity contribution in [2.24, 2.45) is 0 Å². The normalized spacial score (nSPS) is 16.2. The van der Waals surface area contributed by atoms with Crippen LogP contribution in [0.15, 0.2) is 66.7 Å². The molecule has 0 radical (unpaired) electrons. The minimum Gasteiger partial charge on any atom is -0.495 e. The highest BCUT2D eigenvalue weighted by molar-refractivity contribution is 6.01. The molecule has 0 spiro atoms. The van der Waals surface area contributed by atoms with E-state index in [1.165, 1.54) is 14.2 Å². The Labute approximate surface area is 246 Å². The van der Waals surface area contributed by atoms with Crippen LogP contribution in [0, 0.1) is 6.92 Å². The standard InChI is InChI=1S/C32H38N4O6/c1-21-8-6-7-9-27(21)33-32(39)34-28-15-10-22(16-29(28)40-4)17-30(37)36-19-24(35(2)3)18-25(36)20-42-26-13-11-23(12-14-26)31(38)41-5/h6-16,24-25H,17-20H2,1-5H3,(H2,33,34,39)/t24-,25+/m0/s1. The molecule has 1 saturated heterocycles. The van der Waals surface area contributed by atoms with Crippen molar-refractivity contribution in [3.63, 3.8) is 0 Å². The predicted molar refractivity (Wildman–Crippen MR) is 161 cm³/mol. The molecule has 10 heteroatoms. The molecule has 4 rings (SSSR count). The number of carbonyl (C=O) groups is 3. The summed E-state index contributed by atoms with van der Waals surface area (Å²) in [6.45, 7) is 2.84. The van der Waals surface area contributed by atoms with E-state index in [-0.39, 0.29) is 30.4 Å². The number of urea groups is 1. The van der Waals surface area contributed by atoms with Gasteiger partial charge < -0.3 is 34.6 Å². The Morgan fingerprint density at radius 2 is 1.67 bits per heavy atom. The van der Waals surface area contributed by atoms with Crippen molar-refractivity contribution < 1.29 is 28.6 Å². The number of amides is 3. The molecule has 1 heterocycles. The first kappa shape index (κ1) is 30.4. The van der Waals surface area contributed by atoms with Crippen molar-refractivity contribution in [2.75, 3.05) is 52.1 Å². The van der Waals surface area contributed by atoms with E-state index in [2.05, 4.69) is 15.5 Å². The van der Waals surface area contributed by atoms with Gasteiger partial charge in [-0.1, -0.05) is 24.3 Å². The number of ether oxygens (including phenoxy) is 3. The van der Waals surface area contributed by atoms with Crippen molar-refractivity contribution >= 4 is 29.3 Å². The molecular formula is C32H38N4O6. The minimum atomic E-state index is -0.408. The second-order valence-electron chi connectivity index (χ2n) is 10.5. The van der Waals surface area contributed by atoms with Gasteiger partial charge in [0, 0.05) is 18.3 Å². The average Bonchev–Trinajstić information content (AvgIpc) is 3.43. The highest BCUT2D eigenvalue weighted by Crippen LogP contribution is 2.28. The van der Waals surface area contributed by atoms with E-state index in [0.29, 0.717) is 35.9 Å². The summed E-state index contributed by atoms with van der Waals surface area (Å²) in [5.41, 5.74) is 3.38. The molecule has 42 heavy (non-hydrogen) atoms. The van der Waals surface area contributed by atoms with Crippen LogP contribution in [0.2, 0.25) is 0 Å². The number of anilines is 2. The summed E-state index contributed by atoms with van der Waals surface area (Å²) in [7, 11) is 6.88. The number of hydrogen-bond donors (Lipinski definition) is 2. The number of likely N-dealkylation sites (N-methyl/N-ethyl adjacent to an activating group) is 1. The molecule has 0 saturated carbocycles. The van der Waals surface area contributed by atoms with Crippen molar-refractivity contribution in [1.29, 1.82) is 0 Å². The van der Waals surface area contributed by atoms with Gasteiger partial charge in [0.15, 0.2) is 0 Å². The van der Waals surface area contributed by atoms with Gasteiger partial charge in [-0.2, -0.15) is 0 Å². The van der Waals surface area contributed by atoms with Gasteiger partial charge in [0.25, 0.3) is 0 Å². The molecule has 3 aromatic rings. The molecule has 0 bridgehead atoms. The van der Waals surface area contributed by atoms with Gasteiger partial charge in [-0.15, -0.1) is 0 Å². The third-order valence-electron chi connectivity index (χ3n) is 7.42.